The third-order valence-corrected chi connectivity index (χ3v) is 6.84. The van der Waals surface area contributed by atoms with Gasteiger partial charge in [-0.15, -0.1) is 0 Å². The zero-order valence-corrected chi connectivity index (χ0v) is 18.7. The molecule has 0 spiro atoms. The standard InChI is InChI=1S/C30H30N/c1-21(2)22(3)31-29(25-15-8-5-9-16-25)20-28(23-12-6-4-7-13-23)27-19-18-24-14-10-11-17-26(24)30(27)31/h4-17,20-22H,18-19H2,1-3H3/q+1. The SMILES string of the molecule is CC(C)C(C)[n+]1c(-c2ccccc2)cc(-c2ccccc2)c2c1-c1ccccc1CC2. The monoisotopic (exact) mass is 404 g/mol. The number of benzene rings is 3. The summed E-state index contributed by atoms with van der Waals surface area (Å²) < 4.78 is 2.62. The molecule has 0 N–H and O–H groups in total. The van der Waals surface area contributed by atoms with Gasteiger partial charge in [0.15, 0.2) is 6.04 Å². The highest BCUT2D eigenvalue weighted by Gasteiger charge is 2.35. The van der Waals surface area contributed by atoms with Crippen molar-refractivity contribution in [1.82, 2.24) is 0 Å². The fourth-order valence-corrected chi connectivity index (χ4v) is 4.89. The van der Waals surface area contributed by atoms with Crippen LogP contribution in [-0.2, 0) is 12.8 Å². The lowest BCUT2D eigenvalue weighted by atomic mass is 9.83. The van der Waals surface area contributed by atoms with Crippen LogP contribution in [-0.4, -0.2) is 0 Å². The molecule has 1 aromatic heterocycles. The van der Waals surface area contributed by atoms with Gasteiger partial charge in [-0.2, -0.15) is 4.57 Å². The van der Waals surface area contributed by atoms with E-state index in [9.17, 15) is 0 Å². The first-order valence-corrected chi connectivity index (χ1v) is 11.5. The van der Waals surface area contributed by atoms with Gasteiger partial charge >= 0.3 is 0 Å². The molecule has 1 nitrogen and oxygen atoms in total. The van der Waals surface area contributed by atoms with E-state index < -0.39 is 0 Å². The quantitative estimate of drug-likeness (QED) is 0.314. The molecule has 0 amide bonds. The van der Waals surface area contributed by atoms with E-state index in [0.717, 1.165) is 12.8 Å². The third-order valence-electron chi connectivity index (χ3n) is 6.84. The molecule has 1 aliphatic carbocycles. The van der Waals surface area contributed by atoms with Crippen molar-refractivity contribution < 1.29 is 4.57 Å². The van der Waals surface area contributed by atoms with Crippen molar-refractivity contribution in [1.29, 1.82) is 0 Å². The van der Waals surface area contributed by atoms with Crippen molar-refractivity contribution in [2.45, 2.75) is 39.7 Å². The molecule has 0 aliphatic heterocycles. The molecule has 0 fully saturated rings. The van der Waals surface area contributed by atoms with Crippen LogP contribution in [0, 0.1) is 5.92 Å². The Morgan fingerprint density at radius 1 is 0.645 bits per heavy atom. The molecular weight excluding hydrogens is 374 g/mol. The summed E-state index contributed by atoms with van der Waals surface area (Å²) in [6.07, 6.45) is 2.18. The van der Waals surface area contributed by atoms with Crippen LogP contribution in [0.3, 0.4) is 0 Å². The number of pyridine rings is 1. The van der Waals surface area contributed by atoms with E-state index in [1.807, 2.05) is 0 Å². The minimum absolute atomic E-state index is 0.389. The lowest BCUT2D eigenvalue weighted by Gasteiger charge is -2.26. The fourth-order valence-electron chi connectivity index (χ4n) is 4.89. The zero-order valence-electron chi connectivity index (χ0n) is 18.7. The molecule has 154 valence electrons. The first-order valence-electron chi connectivity index (χ1n) is 11.5. The molecule has 4 aromatic rings. The Balaban J connectivity index is 1.92. The summed E-state index contributed by atoms with van der Waals surface area (Å²) in [4.78, 5) is 0. The van der Waals surface area contributed by atoms with Crippen molar-refractivity contribution >= 4 is 0 Å². The summed E-state index contributed by atoms with van der Waals surface area (Å²) >= 11 is 0. The molecule has 3 aromatic carbocycles. The maximum atomic E-state index is 2.62. The van der Waals surface area contributed by atoms with Crippen LogP contribution >= 0.6 is 0 Å². The minimum atomic E-state index is 0.389. The second-order valence-electron chi connectivity index (χ2n) is 9.01. The van der Waals surface area contributed by atoms with Gasteiger partial charge < -0.3 is 0 Å². The molecule has 1 heterocycles. The van der Waals surface area contributed by atoms with Crippen molar-refractivity contribution in [3.63, 3.8) is 0 Å². The zero-order chi connectivity index (χ0) is 21.4. The molecule has 1 aliphatic rings. The van der Waals surface area contributed by atoms with Crippen LogP contribution in [0.15, 0.2) is 91.0 Å². The van der Waals surface area contributed by atoms with E-state index in [2.05, 4.69) is 116 Å². The second-order valence-corrected chi connectivity index (χ2v) is 9.01. The van der Waals surface area contributed by atoms with E-state index in [-0.39, 0.29) is 0 Å². The van der Waals surface area contributed by atoms with Gasteiger partial charge in [0, 0.05) is 28.7 Å². The molecule has 5 rings (SSSR count). The number of nitrogens with zero attached hydrogens (tertiary/aromatic N) is 1. The van der Waals surface area contributed by atoms with Crippen LogP contribution in [0.5, 0.6) is 0 Å². The highest BCUT2D eigenvalue weighted by Crippen LogP contribution is 2.40. The maximum Gasteiger partial charge on any atom is 0.217 e. The summed E-state index contributed by atoms with van der Waals surface area (Å²) in [5.74, 6) is 0.535. The van der Waals surface area contributed by atoms with Crippen molar-refractivity contribution in [2.24, 2.45) is 5.92 Å². The first kappa shape index (κ1) is 19.8. The number of fused-ring (bicyclic) bond motifs is 3. The van der Waals surface area contributed by atoms with Gasteiger partial charge in [-0.05, 0) is 54.7 Å². The largest absolute Gasteiger partial charge is 0.217 e. The molecular formula is C30H30N+. The van der Waals surface area contributed by atoms with E-state index in [0.29, 0.717) is 12.0 Å². The molecule has 31 heavy (non-hydrogen) atoms. The lowest BCUT2D eigenvalue weighted by Crippen LogP contribution is -2.46. The normalized spacial score (nSPS) is 13.5. The summed E-state index contributed by atoms with van der Waals surface area (Å²) in [6.45, 7) is 7.04. The highest BCUT2D eigenvalue weighted by atomic mass is 15.0. The molecule has 0 saturated carbocycles. The Labute approximate surface area is 186 Å². The smallest absolute Gasteiger partial charge is 0.188 e. The first-order chi connectivity index (χ1) is 15.1. The Kier molecular flexibility index (Phi) is 5.19. The number of aromatic nitrogens is 1. The van der Waals surface area contributed by atoms with Gasteiger partial charge in [-0.3, -0.25) is 0 Å². The lowest BCUT2D eigenvalue weighted by molar-refractivity contribution is -0.705. The Morgan fingerprint density at radius 2 is 1.26 bits per heavy atom. The van der Waals surface area contributed by atoms with E-state index in [4.69, 9.17) is 0 Å². The maximum absolute atomic E-state index is 2.62. The van der Waals surface area contributed by atoms with E-state index in [1.165, 1.54) is 44.8 Å². The molecule has 1 atom stereocenters. The average Bonchev–Trinajstić information content (AvgIpc) is 2.83. The Morgan fingerprint density at radius 3 is 1.94 bits per heavy atom. The topological polar surface area (TPSA) is 3.88 Å². The number of rotatable bonds is 4. The van der Waals surface area contributed by atoms with Crippen LogP contribution in [0.1, 0.15) is 37.9 Å². The van der Waals surface area contributed by atoms with Gasteiger partial charge in [0.1, 0.15) is 0 Å². The van der Waals surface area contributed by atoms with E-state index in [1.54, 1.807) is 0 Å². The van der Waals surface area contributed by atoms with Gasteiger partial charge in [0.25, 0.3) is 0 Å². The predicted molar refractivity (Wildman–Crippen MR) is 130 cm³/mol. The number of hydrogen-bond donors (Lipinski definition) is 0. The Hall–Kier alpha value is -3.19. The fraction of sp³-hybridized carbons (Fsp3) is 0.233. The van der Waals surface area contributed by atoms with Crippen LogP contribution in [0.2, 0.25) is 0 Å². The molecule has 1 heteroatoms. The van der Waals surface area contributed by atoms with E-state index >= 15 is 0 Å². The van der Waals surface area contributed by atoms with Crippen LogP contribution in [0.4, 0.5) is 0 Å². The molecule has 1 unspecified atom stereocenters. The predicted octanol–water partition coefficient (Wildman–Crippen LogP) is 7.29. The third kappa shape index (κ3) is 3.49. The summed E-state index contributed by atoms with van der Waals surface area (Å²) in [6, 6.07) is 33.6. The van der Waals surface area contributed by atoms with Crippen molar-refractivity contribution in [2.75, 3.05) is 0 Å². The summed E-state index contributed by atoms with van der Waals surface area (Å²) in [5, 5.41) is 0. The van der Waals surface area contributed by atoms with Crippen LogP contribution in [0.25, 0.3) is 33.6 Å². The summed E-state index contributed by atoms with van der Waals surface area (Å²) in [5.41, 5.74) is 11.0. The van der Waals surface area contributed by atoms with Gasteiger partial charge in [0.05, 0.1) is 0 Å². The van der Waals surface area contributed by atoms with Gasteiger partial charge in [-0.25, -0.2) is 0 Å². The average molecular weight is 405 g/mol. The number of aryl methyl sites for hydroxylation is 1. The molecule has 0 radical (unpaired) electrons. The van der Waals surface area contributed by atoms with Gasteiger partial charge in [-0.1, -0.05) is 80.6 Å². The Bertz CT molecular complexity index is 1210. The summed E-state index contributed by atoms with van der Waals surface area (Å²) in [7, 11) is 0. The number of hydrogen-bond acceptors (Lipinski definition) is 0. The second kappa shape index (κ2) is 8.15. The minimum Gasteiger partial charge on any atom is -0.188 e. The molecule has 0 saturated heterocycles. The molecule has 0 bridgehead atoms. The van der Waals surface area contributed by atoms with Crippen molar-refractivity contribution in [3.8, 4) is 33.6 Å². The van der Waals surface area contributed by atoms with Crippen molar-refractivity contribution in [3.05, 3.63) is 102 Å². The highest BCUT2D eigenvalue weighted by molar-refractivity contribution is 5.80. The van der Waals surface area contributed by atoms with Crippen LogP contribution < -0.4 is 4.57 Å². The van der Waals surface area contributed by atoms with Gasteiger partial charge in [0.2, 0.25) is 11.4 Å².